The minimum atomic E-state index is -2.65. The van der Waals surface area contributed by atoms with Crippen molar-refractivity contribution in [3.8, 4) is 6.57 Å². The molecule has 0 bridgehead atoms. The van der Waals surface area contributed by atoms with Crippen LogP contribution in [0.25, 0.3) is 0 Å². The summed E-state index contributed by atoms with van der Waals surface area (Å²) < 4.78 is 24.9. The number of pyridine rings is 1. The van der Waals surface area contributed by atoms with Crippen molar-refractivity contribution in [2.24, 2.45) is 16.5 Å². The first-order chi connectivity index (χ1) is 12.5. The van der Waals surface area contributed by atoms with Gasteiger partial charge in [-0.1, -0.05) is 19.3 Å². The Labute approximate surface area is 150 Å². The van der Waals surface area contributed by atoms with Crippen molar-refractivity contribution >= 4 is 17.4 Å². The van der Waals surface area contributed by atoms with Gasteiger partial charge in [0.05, 0.1) is 17.5 Å². The first kappa shape index (κ1) is 21.0. The van der Waals surface area contributed by atoms with Crippen molar-refractivity contribution in [2.75, 3.05) is 0 Å². The number of rotatable bonds is 6. The number of carbonyl (C=O) groups is 1. The van der Waals surface area contributed by atoms with Gasteiger partial charge in [-0.25, -0.2) is 19.0 Å². The Morgan fingerprint density at radius 2 is 1.96 bits per heavy atom. The van der Waals surface area contributed by atoms with Crippen molar-refractivity contribution in [3.05, 3.63) is 35.8 Å². The maximum atomic E-state index is 12.5. The van der Waals surface area contributed by atoms with E-state index in [0.29, 0.717) is 0 Å². The van der Waals surface area contributed by atoms with E-state index in [9.17, 15) is 13.6 Å². The van der Waals surface area contributed by atoms with Gasteiger partial charge in [-0.3, -0.25) is 9.78 Å². The normalized spacial score (nSPS) is 15.9. The summed E-state index contributed by atoms with van der Waals surface area (Å²) in [7, 11) is 0. The van der Waals surface area contributed by atoms with Crippen LogP contribution in [0.3, 0.4) is 0 Å². The zero-order valence-corrected chi connectivity index (χ0v) is 14.2. The first-order valence-corrected chi connectivity index (χ1v) is 8.08. The fraction of sp³-hybridized carbons (Fsp3) is 0.412. The molecule has 0 saturated heterocycles. The lowest BCUT2D eigenvalue weighted by Gasteiger charge is -2.22. The highest BCUT2D eigenvalue weighted by Crippen LogP contribution is 2.20. The SMILES string of the molecule is C#N.NC(=O)/C(=C/NC1CCCCC1)C(N)=Nc1ccc(C(F)F)nc1. The number of alkyl halides is 2. The fourth-order valence-electron chi connectivity index (χ4n) is 2.53. The molecular weight excluding hydrogens is 342 g/mol. The number of aromatic nitrogens is 1. The number of amidine groups is 1. The standard InChI is InChI=1S/C16H21F2N5O.CHN/c17-14(18)13-7-6-11(8-22-13)23-15(19)12(16(20)24)9-21-10-4-2-1-3-5-10;1-2/h6-10,14,21H,1-5H2,(H2,19,23)(H2,20,24);1H/b12-9+;. The molecule has 0 aliphatic heterocycles. The minimum absolute atomic E-state index is 0.0542. The highest BCUT2D eigenvalue weighted by Gasteiger charge is 2.15. The Morgan fingerprint density at radius 1 is 1.31 bits per heavy atom. The molecule has 1 amide bonds. The number of nitriles is 1. The zero-order valence-electron chi connectivity index (χ0n) is 14.2. The van der Waals surface area contributed by atoms with E-state index in [0.717, 1.165) is 31.7 Å². The number of hydrogen-bond acceptors (Lipinski definition) is 5. The molecule has 0 atom stereocenters. The van der Waals surface area contributed by atoms with Crippen molar-refractivity contribution in [1.29, 1.82) is 5.26 Å². The minimum Gasteiger partial charge on any atom is -0.387 e. The Morgan fingerprint density at radius 3 is 2.46 bits per heavy atom. The van der Waals surface area contributed by atoms with Gasteiger partial charge in [0.25, 0.3) is 12.3 Å². The summed E-state index contributed by atoms with van der Waals surface area (Å²) in [5.41, 5.74) is 11.1. The predicted octanol–water partition coefficient (Wildman–Crippen LogP) is 2.44. The van der Waals surface area contributed by atoms with E-state index in [1.165, 1.54) is 24.9 Å². The maximum absolute atomic E-state index is 12.5. The van der Waals surface area contributed by atoms with E-state index in [1.54, 1.807) is 0 Å². The molecule has 9 heteroatoms. The molecule has 1 fully saturated rings. The number of aliphatic imine (C=N–C) groups is 1. The summed E-state index contributed by atoms with van der Waals surface area (Å²) >= 11 is 0. The quantitative estimate of drug-likeness (QED) is 0.405. The molecule has 2 rings (SSSR count). The number of hydrogen-bond donors (Lipinski definition) is 3. The molecular formula is C17H22F2N6O. The van der Waals surface area contributed by atoms with Crippen LogP contribution in [0.2, 0.25) is 0 Å². The maximum Gasteiger partial charge on any atom is 0.280 e. The van der Waals surface area contributed by atoms with Gasteiger partial charge in [-0.15, -0.1) is 0 Å². The first-order valence-electron chi connectivity index (χ1n) is 8.08. The Hall–Kier alpha value is -3.02. The Balaban J connectivity index is 0.00000163. The Kier molecular flexibility index (Phi) is 8.70. The third-order valence-corrected chi connectivity index (χ3v) is 3.85. The van der Waals surface area contributed by atoms with Crippen LogP contribution in [0.4, 0.5) is 14.5 Å². The average Bonchev–Trinajstić information content (AvgIpc) is 2.64. The lowest BCUT2D eigenvalue weighted by Crippen LogP contribution is -2.32. The topological polar surface area (TPSA) is 130 Å². The second kappa shape index (κ2) is 10.8. The van der Waals surface area contributed by atoms with E-state index in [2.05, 4.69) is 21.9 Å². The summed E-state index contributed by atoms with van der Waals surface area (Å²) in [4.78, 5) is 19.2. The number of primary amides is 1. The lowest BCUT2D eigenvalue weighted by atomic mass is 9.95. The molecule has 140 valence electrons. The van der Waals surface area contributed by atoms with Crippen LogP contribution in [0, 0.1) is 11.8 Å². The lowest BCUT2D eigenvalue weighted by molar-refractivity contribution is -0.114. The molecule has 1 aliphatic rings. The number of halogens is 2. The number of amides is 1. The molecule has 0 aromatic carbocycles. The summed E-state index contributed by atoms with van der Waals surface area (Å²) in [5, 5.41) is 9.66. The van der Waals surface area contributed by atoms with E-state index >= 15 is 0 Å². The summed E-state index contributed by atoms with van der Waals surface area (Å²) in [6.07, 6.45) is 5.56. The van der Waals surface area contributed by atoms with Crippen molar-refractivity contribution in [3.63, 3.8) is 0 Å². The molecule has 0 spiro atoms. The number of nitrogens with two attached hydrogens (primary N) is 2. The second-order valence-corrected chi connectivity index (χ2v) is 5.66. The van der Waals surface area contributed by atoms with Gasteiger partial charge in [0.2, 0.25) is 0 Å². The van der Waals surface area contributed by atoms with Crippen LogP contribution in [0.5, 0.6) is 0 Å². The largest absolute Gasteiger partial charge is 0.387 e. The Bertz CT molecular complexity index is 664. The van der Waals surface area contributed by atoms with Crippen LogP contribution >= 0.6 is 0 Å². The highest BCUT2D eigenvalue weighted by atomic mass is 19.3. The van der Waals surface area contributed by atoms with Crippen molar-refractivity contribution in [1.82, 2.24) is 10.3 Å². The molecule has 5 N–H and O–H groups in total. The molecule has 1 aliphatic carbocycles. The van der Waals surface area contributed by atoms with Gasteiger partial charge in [0.1, 0.15) is 11.5 Å². The number of nitrogens with one attached hydrogen (secondary N) is 1. The van der Waals surface area contributed by atoms with E-state index in [1.807, 2.05) is 0 Å². The van der Waals surface area contributed by atoms with Crippen LogP contribution < -0.4 is 16.8 Å². The predicted molar refractivity (Wildman–Crippen MR) is 94.4 cm³/mol. The van der Waals surface area contributed by atoms with Crippen LogP contribution in [-0.4, -0.2) is 22.8 Å². The van der Waals surface area contributed by atoms with Gasteiger partial charge in [0.15, 0.2) is 0 Å². The molecule has 1 saturated carbocycles. The second-order valence-electron chi connectivity index (χ2n) is 5.66. The molecule has 26 heavy (non-hydrogen) atoms. The third kappa shape index (κ3) is 6.47. The van der Waals surface area contributed by atoms with Gasteiger partial charge in [-0.05, 0) is 25.0 Å². The smallest absolute Gasteiger partial charge is 0.280 e. The van der Waals surface area contributed by atoms with Gasteiger partial charge in [-0.2, -0.15) is 0 Å². The zero-order chi connectivity index (χ0) is 19.5. The van der Waals surface area contributed by atoms with Gasteiger partial charge >= 0.3 is 0 Å². The van der Waals surface area contributed by atoms with Crippen LogP contribution in [0.15, 0.2) is 35.1 Å². The molecule has 0 radical (unpaired) electrons. The van der Waals surface area contributed by atoms with Crippen LogP contribution in [-0.2, 0) is 4.79 Å². The van der Waals surface area contributed by atoms with Crippen LogP contribution in [0.1, 0.15) is 44.2 Å². The summed E-state index contributed by atoms with van der Waals surface area (Å²) in [6, 6.07) is 2.80. The average molecular weight is 364 g/mol. The fourth-order valence-corrected chi connectivity index (χ4v) is 2.53. The molecule has 1 heterocycles. The van der Waals surface area contributed by atoms with Gasteiger partial charge in [0, 0.05) is 18.8 Å². The number of carbonyl (C=O) groups excluding carboxylic acids is 1. The van der Waals surface area contributed by atoms with Crippen molar-refractivity contribution in [2.45, 2.75) is 44.6 Å². The van der Waals surface area contributed by atoms with E-state index in [4.69, 9.17) is 16.7 Å². The molecule has 1 aromatic rings. The summed E-state index contributed by atoms with van der Waals surface area (Å²) in [6.45, 7) is 3.50. The summed E-state index contributed by atoms with van der Waals surface area (Å²) in [5.74, 6) is -0.797. The number of nitrogens with zero attached hydrogens (tertiary/aromatic N) is 3. The van der Waals surface area contributed by atoms with Gasteiger partial charge < -0.3 is 16.8 Å². The highest BCUT2D eigenvalue weighted by molar-refractivity contribution is 6.20. The van der Waals surface area contributed by atoms with E-state index < -0.39 is 12.3 Å². The van der Waals surface area contributed by atoms with E-state index in [-0.39, 0.29) is 28.8 Å². The molecule has 1 aromatic heterocycles. The molecule has 7 nitrogen and oxygen atoms in total. The monoisotopic (exact) mass is 364 g/mol. The molecule has 0 unspecified atom stereocenters. The third-order valence-electron chi connectivity index (χ3n) is 3.85. The van der Waals surface area contributed by atoms with Crippen molar-refractivity contribution < 1.29 is 13.6 Å².